The Labute approximate surface area is 78.0 Å². The predicted molar refractivity (Wildman–Crippen MR) is 53.8 cm³/mol. The van der Waals surface area contributed by atoms with E-state index in [1.54, 1.807) is 5.01 Å². The van der Waals surface area contributed by atoms with E-state index in [2.05, 4.69) is 23.1 Å². The van der Waals surface area contributed by atoms with E-state index in [-0.39, 0.29) is 0 Å². The van der Waals surface area contributed by atoms with Crippen molar-refractivity contribution >= 4 is 5.69 Å². The van der Waals surface area contributed by atoms with Crippen LogP contribution in [-0.2, 0) is 0 Å². The Kier molecular flexibility index (Phi) is 2.19. The molecule has 0 unspecified atom stereocenters. The van der Waals surface area contributed by atoms with Crippen LogP contribution in [0.15, 0.2) is 42.6 Å². The minimum atomic E-state index is 0.751. The Morgan fingerprint density at radius 3 is 2.62 bits per heavy atom. The minimum Gasteiger partial charge on any atom is -0.349 e. The average Bonchev–Trinajstić information content (AvgIpc) is 2.19. The molecule has 0 saturated heterocycles. The maximum atomic E-state index is 5.67. The van der Waals surface area contributed by atoms with Crippen LogP contribution in [0.3, 0.4) is 0 Å². The number of nitrogens with zero attached hydrogens (tertiary/aromatic N) is 2. The zero-order valence-electron chi connectivity index (χ0n) is 7.43. The number of hydrazine groups is 1. The lowest BCUT2D eigenvalue weighted by Crippen LogP contribution is -2.42. The third-order valence-electron chi connectivity index (χ3n) is 2.08. The lowest BCUT2D eigenvalue weighted by atomic mass is 10.3. The summed E-state index contributed by atoms with van der Waals surface area (Å²) in [4.78, 5) is 2.21. The number of para-hydroxylation sites is 1. The van der Waals surface area contributed by atoms with Crippen LogP contribution in [0, 0.1) is 0 Å². The Morgan fingerprint density at radius 2 is 1.92 bits per heavy atom. The third kappa shape index (κ3) is 1.81. The number of rotatable bonds is 1. The summed E-state index contributed by atoms with van der Waals surface area (Å²) in [5.41, 5.74) is 1.21. The van der Waals surface area contributed by atoms with Gasteiger partial charge in [-0.3, -0.25) is 5.01 Å². The van der Waals surface area contributed by atoms with Gasteiger partial charge in [0, 0.05) is 18.4 Å². The molecule has 1 aliphatic heterocycles. The largest absolute Gasteiger partial charge is 0.349 e. The van der Waals surface area contributed by atoms with Crippen molar-refractivity contribution in [2.45, 2.75) is 0 Å². The lowest BCUT2D eigenvalue weighted by molar-refractivity contribution is 0.378. The molecule has 3 nitrogen and oxygen atoms in total. The van der Waals surface area contributed by atoms with Crippen LogP contribution in [0.1, 0.15) is 0 Å². The topological polar surface area (TPSA) is 32.5 Å². The standard InChI is InChI=1S/C10H13N3/c11-13-8-4-7-12(9-13)10-5-2-1-3-6-10/h1-6,8H,7,9,11H2. The van der Waals surface area contributed by atoms with Crippen molar-refractivity contribution in [3.63, 3.8) is 0 Å². The van der Waals surface area contributed by atoms with Gasteiger partial charge in [-0.05, 0) is 18.2 Å². The molecule has 68 valence electrons. The van der Waals surface area contributed by atoms with Gasteiger partial charge in [-0.15, -0.1) is 0 Å². The molecule has 0 saturated carbocycles. The molecule has 0 radical (unpaired) electrons. The zero-order chi connectivity index (χ0) is 9.10. The van der Waals surface area contributed by atoms with Crippen molar-refractivity contribution in [2.24, 2.45) is 5.84 Å². The number of hydrogen-bond donors (Lipinski definition) is 1. The van der Waals surface area contributed by atoms with E-state index in [1.165, 1.54) is 5.69 Å². The van der Waals surface area contributed by atoms with Gasteiger partial charge in [0.05, 0.1) is 0 Å². The van der Waals surface area contributed by atoms with Crippen LogP contribution in [0.5, 0.6) is 0 Å². The van der Waals surface area contributed by atoms with Gasteiger partial charge >= 0.3 is 0 Å². The molecule has 0 spiro atoms. The molecule has 13 heavy (non-hydrogen) atoms. The van der Waals surface area contributed by atoms with Crippen molar-refractivity contribution < 1.29 is 0 Å². The monoisotopic (exact) mass is 175 g/mol. The lowest BCUT2D eigenvalue weighted by Gasteiger charge is -2.31. The van der Waals surface area contributed by atoms with Gasteiger partial charge in [-0.1, -0.05) is 18.2 Å². The van der Waals surface area contributed by atoms with Gasteiger partial charge in [0.25, 0.3) is 0 Å². The van der Waals surface area contributed by atoms with Gasteiger partial charge < -0.3 is 4.90 Å². The summed E-state index contributed by atoms with van der Waals surface area (Å²) < 4.78 is 0. The summed E-state index contributed by atoms with van der Waals surface area (Å²) in [5.74, 6) is 5.67. The van der Waals surface area contributed by atoms with Crippen molar-refractivity contribution in [1.82, 2.24) is 5.01 Å². The molecule has 2 N–H and O–H groups in total. The fraction of sp³-hybridized carbons (Fsp3) is 0.200. The molecule has 1 aromatic rings. The van der Waals surface area contributed by atoms with Crippen LogP contribution in [0.2, 0.25) is 0 Å². The smallest absolute Gasteiger partial charge is 0.105 e. The number of hydrogen-bond acceptors (Lipinski definition) is 3. The molecule has 0 bridgehead atoms. The van der Waals surface area contributed by atoms with Gasteiger partial charge in [0.15, 0.2) is 0 Å². The SMILES string of the molecule is NN1C=CCN(c2ccccc2)C1. The molecule has 1 heterocycles. The quantitative estimate of drug-likeness (QED) is 0.650. The van der Waals surface area contributed by atoms with Crippen molar-refractivity contribution in [2.75, 3.05) is 18.1 Å². The first-order chi connectivity index (χ1) is 6.36. The summed E-state index contributed by atoms with van der Waals surface area (Å²) in [7, 11) is 0. The van der Waals surface area contributed by atoms with Crippen molar-refractivity contribution in [3.05, 3.63) is 42.6 Å². The summed E-state index contributed by atoms with van der Waals surface area (Å²) in [5, 5.41) is 1.68. The van der Waals surface area contributed by atoms with E-state index in [4.69, 9.17) is 5.84 Å². The molecule has 0 amide bonds. The maximum absolute atomic E-state index is 5.67. The van der Waals surface area contributed by atoms with Crippen LogP contribution >= 0.6 is 0 Å². The Hall–Kier alpha value is -1.48. The van der Waals surface area contributed by atoms with Gasteiger partial charge in [-0.25, -0.2) is 5.84 Å². The van der Waals surface area contributed by atoms with E-state index in [0.717, 1.165) is 13.2 Å². The summed E-state index contributed by atoms with van der Waals surface area (Å²) in [6, 6.07) is 10.3. The highest BCUT2D eigenvalue weighted by atomic mass is 15.5. The Balaban J connectivity index is 2.15. The molecule has 0 aromatic heterocycles. The first-order valence-electron chi connectivity index (χ1n) is 4.34. The summed E-state index contributed by atoms with van der Waals surface area (Å²) >= 11 is 0. The molecule has 2 rings (SSSR count). The van der Waals surface area contributed by atoms with Crippen LogP contribution in [0.25, 0.3) is 0 Å². The van der Waals surface area contributed by atoms with Crippen LogP contribution in [-0.4, -0.2) is 18.2 Å². The Bertz CT molecular complexity index is 294. The number of anilines is 1. The molecule has 0 fully saturated rings. The molecule has 1 aliphatic rings. The zero-order valence-corrected chi connectivity index (χ0v) is 7.43. The van der Waals surface area contributed by atoms with Crippen LogP contribution < -0.4 is 10.7 Å². The normalized spacial score (nSPS) is 16.4. The first kappa shape index (κ1) is 8.13. The molecule has 0 aliphatic carbocycles. The number of benzene rings is 1. The van der Waals surface area contributed by atoms with Crippen molar-refractivity contribution in [3.8, 4) is 0 Å². The van der Waals surface area contributed by atoms with E-state index in [1.807, 2.05) is 24.4 Å². The highest BCUT2D eigenvalue weighted by Gasteiger charge is 2.08. The number of nitrogens with two attached hydrogens (primary N) is 1. The molecule has 3 heteroatoms. The molecule has 0 atom stereocenters. The van der Waals surface area contributed by atoms with E-state index in [9.17, 15) is 0 Å². The highest BCUT2D eigenvalue weighted by Crippen LogP contribution is 2.14. The highest BCUT2D eigenvalue weighted by molar-refractivity contribution is 5.46. The van der Waals surface area contributed by atoms with Gasteiger partial charge in [-0.2, -0.15) is 0 Å². The van der Waals surface area contributed by atoms with Crippen LogP contribution in [0.4, 0.5) is 5.69 Å². The second-order valence-electron chi connectivity index (χ2n) is 3.10. The fourth-order valence-electron chi connectivity index (χ4n) is 1.44. The van der Waals surface area contributed by atoms with Crippen molar-refractivity contribution in [1.29, 1.82) is 0 Å². The van der Waals surface area contributed by atoms with E-state index >= 15 is 0 Å². The average molecular weight is 175 g/mol. The van der Waals surface area contributed by atoms with E-state index < -0.39 is 0 Å². The molecular weight excluding hydrogens is 162 g/mol. The third-order valence-corrected chi connectivity index (χ3v) is 2.08. The second-order valence-corrected chi connectivity index (χ2v) is 3.10. The first-order valence-corrected chi connectivity index (χ1v) is 4.34. The van der Waals surface area contributed by atoms with Gasteiger partial charge in [0.1, 0.15) is 6.67 Å². The second kappa shape index (κ2) is 3.49. The fourth-order valence-corrected chi connectivity index (χ4v) is 1.44. The van der Waals surface area contributed by atoms with E-state index in [0.29, 0.717) is 0 Å². The predicted octanol–water partition coefficient (Wildman–Crippen LogP) is 1.15. The summed E-state index contributed by atoms with van der Waals surface area (Å²) in [6.45, 7) is 1.68. The molecular formula is C10H13N3. The molecule has 1 aromatic carbocycles. The van der Waals surface area contributed by atoms with Gasteiger partial charge in [0.2, 0.25) is 0 Å². The Morgan fingerprint density at radius 1 is 1.15 bits per heavy atom. The summed E-state index contributed by atoms with van der Waals surface area (Å²) in [6.07, 6.45) is 3.95. The maximum Gasteiger partial charge on any atom is 0.105 e. The minimum absolute atomic E-state index is 0.751.